The highest BCUT2D eigenvalue weighted by Gasteiger charge is 2.49. The van der Waals surface area contributed by atoms with Crippen LogP contribution in [0.25, 0.3) is 10.9 Å². The number of hydrogen-bond donors (Lipinski definition) is 5. The van der Waals surface area contributed by atoms with Gasteiger partial charge in [0.1, 0.15) is 29.7 Å². The summed E-state index contributed by atoms with van der Waals surface area (Å²) in [7, 11) is 0. The van der Waals surface area contributed by atoms with Gasteiger partial charge in [0.2, 0.25) is 11.7 Å². The van der Waals surface area contributed by atoms with Crippen LogP contribution < -0.4 is 15.6 Å². The summed E-state index contributed by atoms with van der Waals surface area (Å²) in [6.45, 7) is 4.41. The van der Waals surface area contributed by atoms with Crippen LogP contribution in [0.2, 0.25) is 0 Å². The minimum absolute atomic E-state index is 0.0433. The Kier molecular flexibility index (Phi) is 6.43. The summed E-state index contributed by atoms with van der Waals surface area (Å²) in [6.07, 6.45) is -9.87. The molecule has 2 fully saturated rings. The standard InChI is InChI=1S/C22H24FN3O9S/c1-8-26-11-7-12(25-4-2-24-3-5-25)10(23)6-9(11)14(27)13(19(26)36-8)21(33)35-22-17(30)15(28)16(29)18(34-22)20(31)32/h6-8,15-18,22,24,28-30H,2-5H2,1H3,(H,31,32). The number of ether oxygens (including phenoxy) is 2. The lowest BCUT2D eigenvalue weighted by Crippen LogP contribution is -2.60. The Morgan fingerprint density at radius 2 is 1.86 bits per heavy atom. The number of nitrogens with one attached hydrogen (secondary N) is 1. The average molecular weight is 526 g/mol. The van der Waals surface area contributed by atoms with Crippen LogP contribution in [-0.4, -0.2) is 93.8 Å². The summed E-state index contributed by atoms with van der Waals surface area (Å²) < 4.78 is 26.9. The van der Waals surface area contributed by atoms with E-state index in [2.05, 4.69) is 5.32 Å². The van der Waals surface area contributed by atoms with E-state index < -0.39 is 59.5 Å². The van der Waals surface area contributed by atoms with Crippen molar-refractivity contribution in [2.24, 2.45) is 0 Å². The van der Waals surface area contributed by atoms with Gasteiger partial charge in [0.05, 0.1) is 21.6 Å². The van der Waals surface area contributed by atoms with Crippen LogP contribution in [0.15, 0.2) is 22.0 Å². The van der Waals surface area contributed by atoms with Gasteiger partial charge in [0.15, 0.2) is 6.10 Å². The number of carbonyl (C=O) groups excluding carboxylic acids is 1. The summed E-state index contributed by atoms with van der Waals surface area (Å²) in [5.74, 6) is -3.51. The van der Waals surface area contributed by atoms with Crippen molar-refractivity contribution in [3.63, 3.8) is 0 Å². The number of thioether (sulfide) groups is 1. The third kappa shape index (κ3) is 3.93. The second kappa shape index (κ2) is 9.28. The van der Waals surface area contributed by atoms with Gasteiger partial charge in [0, 0.05) is 31.6 Å². The van der Waals surface area contributed by atoms with Crippen molar-refractivity contribution in [1.82, 2.24) is 9.88 Å². The molecule has 6 unspecified atom stereocenters. The number of carbonyl (C=O) groups is 2. The number of halogens is 1. The zero-order valence-electron chi connectivity index (χ0n) is 19.0. The molecule has 5 rings (SSSR count). The zero-order chi connectivity index (χ0) is 25.9. The number of carboxylic acids is 1. The first-order valence-corrected chi connectivity index (χ1v) is 12.2. The number of aliphatic hydroxyl groups excluding tert-OH is 3. The number of hydrogen-bond acceptors (Lipinski definition) is 11. The van der Waals surface area contributed by atoms with Gasteiger partial charge in [-0.05, 0) is 19.1 Å². The average Bonchev–Trinajstić information content (AvgIpc) is 2.84. The van der Waals surface area contributed by atoms with Gasteiger partial charge < -0.3 is 44.7 Å². The Hall–Kier alpha value is -2.75. The number of aromatic nitrogens is 1. The van der Waals surface area contributed by atoms with Gasteiger partial charge in [-0.15, -0.1) is 0 Å². The molecular weight excluding hydrogens is 501 g/mol. The molecule has 0 saturated carbocycles. The second-order valence-corrected chi connectivity index (χ2v) is 10.1. The first-order chi connectivity index (χ1) is 17.1. The molecule has 0 bridgehead atoms. The molecule has 14 heteroatoms. The molecule has 1 aromatic carbocycles. The zero-order valence-corrected chi connectivity index (χ0v) is 19.8. The third-order valence-corrected chi connectivity index (χ3v) is 7.75. The lowest BCUT2D eigenvalue weighted by molar-refractivity contribution is -0.278. The van der Waals surface area contributed by atoms with E-state index in [0.29, 0.717) is 37.4 Å². The van der Waals surface area contributed by atoms with Crippen LogP contribution >= 0.6 is 11.8 Å². The summed E-state index contributed by atoms with van der Waals surface area (Å²) >= 11 is 1.21. The van der Waals surface area contributed by atoms with Crippen LogP contribution in [0.5, 0.6) is 0 Å². The Labute approximate surface area is 207 Å². The van der Waals surface area contributed by atoms with E-state index in [-0.39, 0.29) is 15.8 Å². The highest BCUT2D eigenvalue weighted by atomic mass is 32.2. The van der Waals surface area contributed by atoms with E-state index in [1.54, 1.807) is 10.6 Å². The first-order valence-electron chi connectivity index (χ1n) is 11.3. The molecule has 0 amide bonds. The molecule has 2 aromatic rings. The molecule has 3 aliphatic rings. The quantitative estimate of drug-likeness (QED) is 0.316. The van der Waals surface area contributed by atoms with Crippen molar-refractivity contribution in [3.05, 3.63) is 33.7 Å². The molecule has 0 spiro atoms. The number of anilines is 1. The van der Waals surface area contributed by atoms with Crippen LogP contribution in [0.1, 0.15) is 22.7 Å². The molecule has 194 valence electrons. The molecule has 3 aliphatic heterocycles. The van der Waals surface area contributed by atoms with E-state index in [0.717, 1.165) is 6.07 Å². The van der Waals surface area contributed by atoms with E-state index in [1.165, 1.54) is 11.8 Å². The molecular formula is C22H24FN3O9S. The number of nitrogens with zero attached hydrogens (tertiary/aromatic N) is 2. The van der Waals surface area contributed by atoms with Gasteiger partial charge >= 0.3 is 11.9 Å². The summed E-state index contributed by atoms with van der Waals surface area (Å²) in [5.41, 5.74) is -0.426. The number of esters is 1. The van der Waals surface area contributed by atoms with Gasteiger partial charge in [-0.25, -0.2) is 14.0 Å². The molecule has 2 saturated heterocycles. The largest absolute Gasteiger partial charge is 0.479 e. The fraction of sp³-hybridized carbons (Fsp3) is 0.500. The van der Waals surface area contributed by atoms with Crippen LogP contribution in [0.4, 0.5) is 10.1 Å². The number of benzene rings is 1. The Morgan fingerprint density at radius 1 is 1.17 bits per heavy atom. The molecule has 1 aromatic heterocycles. The lowest BCUT2D eigenvalue weighted by atomic mass is 9.99. The van der Waals surface area contributed by atoms with Gasteiger partial charge in [-0.1, -0.05) is 11.8 Å². The Bertz CT molecular complexity index is 1300. The Morgan fingerprint density at radius 3 is 2.50 bits per heavy atom. The highest BCUT2D eigenvalue weighted by Crippen LogP contribution is 2.47. The van der Waals surface area contributed by atoms with Gasteiger partial charge in [-0.2, -0.15) is 0 Å². The number of aliphatic hydroxyl groups is 3. The van der Waals surface area contributed by atoms with Crippen molar-refractivity contribution >= 4 is 40.3 Å². The fourth-order valence-electron chi connectivity index (χ4n) is 4.68. The molecule has 0 radical (unpaired) electrons. The maximum atomic E-state index is 15.1. The van der Waals surface area contributed by atoms with Crippen molar-refractivity contribution in [2.75, 3.05) is 31.1 Å². The van der Waals surface area contributed by atoms with E-state index in [1.807, 2.05) is 11.8 Å². The predicted octanol–water partition coefficient (Wildman–Crippen LogP) is -0.777. The van der Waals surface area contributed by atoms with Crippen LogP contribution in [0.3, 0.4) is 0 Å². The molecule has 12 nitrogen and oxygen atoms in total. The molecule has 6 atom stereocenters. The summed E-state index contributed by atoms with van der Waals surface area (Å²) in [6, 6.07) is 2.68. The normalized spacial score (nSPS) is 30.0. The number of aliphatic carboxylic acids is 1. The number of pyridine rings is 1. The third-order valence-electron chi connectivity index (χ3n) is 6.57. The number of piperazine rings is 1. The maximum Gasteiger partial charge on any atom is 0.347 e. The lowest BCUT2D eigenvalue weighted by Gasteiger charge is -2.38. The van der Waals surface area contributed by atoms with E-state index >= 15 is 4.39 Å². The molecule has 4 heterocycles. The molecule has 5 N–H and O–H groups in total. The predicted molar refractivity (Wildman–Crippen MR) is 124 cm³/mol. The second-order valence-electron chi connectivity index (χ2n) is 8.79. The van der Waals surface area contributed by atoms with Gasteiger partial charge in [-0.3, -0.25) is 4.79 Å². The first kappa shape index (κ1) is 24.9. The minimum Gasteiger partial charge on any atom is -0.479 e. The highest BCUT2D eigenvalue weighted by molar-refractivity contribution is 8.00. The Balaban J connectivity index is 1.53. The SMILES string of the molecule is CC1Sc2c(C(=O)OC3OC(C(=O)O)C(O)C(O)C3O)c(=O)c3cc(F)c(N4CCNCC4)cc3n21. The topological polar surface area (TPSA) is 171 Å². The minimum atomic E-state index is -1.98. The summed E-state index contributed by atoms with van der Waals surface area (Å²) in [4.78, 5) is 39.6. The van der Waals surface area contributed by atoms with Crippen LogP contribution in [-0.2, 0) is 14.3 Å². The van der Waals surface area contributed by atoms with Crippen molar-refractivity contribution < 1.29 is 43.9 Å². The van der Waals surface area contributed by atoms with E-state index in [4.69, 9.17) is 9.47 Å². The van der Waals surface area contributed by atoms with Crippen molar-refractivity contribution in [3.8, 4) is 0 Å². The molecule has 0 aliphatic carbocycles. The number of carboxylic acid groups (broad SMARTS) is 1. The van der Waals surface area contributed by atoms with Crippen LogP contribution in [0, 0.1) is 5.82 Å². The number of fused-ring (bicyclic) bond motifs is 3. The van der Waals surface area contributed by atoms with Crippen molar-refractivity contribution in [2.45, 2.75) is 48.0 Å². The monoisotopic (exact) mass is 525 g/mol. The number of rotatable bonds is 4. The summed E-state index contributed by atoms with van der Waals surface area (Å²) in [5, 5.41) is 42.4. The maximum absolute atomic E-state index is 15.1. The van der Waals surface area contributed by atoms with E-state index in [9.17, 15) is 34.8 Å². The smallest absolute Gasteiger partial charge is 0.347 e. The molecule has 36 heavy (non-hydrogen) atoms. The van der Waals surface area contributed by atoms with Crippen molar-refractivity contribution in [1.29, 1.82) is 0 Å². The van der Waals surface area contributed by atoms with Gasteiger partial charge in [0.25, 0.3) is 0 Å². The fourth-order valence-corrected chi connectivity index (χ4v) is 5.83.